The van der Waals surface area contributed by atoms with Crippen LogP contribution < -0.4 is 0 Å². The summed E-state index contributed by atoms with van der Waals surface area (Å²) >= 11 is 0. The minimum Gasteiger partial charge on any atom is -0.294 e. The van der Waals surface area contributed by atoms with E-state index in [0.717, 1.165) is 24.0 Å². The van der Waals surface area contributed by atoms with Crippen molar-refractivity contribution >= 4 is 5.78 Å². The van der Waals surface area contributed by atoms with Crippen LogP contribution in [-0.2, 0) is 4.79 Å². The van der Waals surface area contributed by atoms with Crippen molar-refractivity contribution in [2.75, 3.05) is 0 Å². The van der Waals surface area contributed by atoms with Gasteiger partial charge in [-0.1, -0.05) is 36.5 Å². The number of carbonyl (C=O) groups excluding carboxylic acids is 1. The molecule has 1 nitrogen and oxygen atoms in total. The predicted molar refractivity (Wildman–Crippen MR) is 53.3 cm³/mol. The second-order valence-corrected chi connectivity index (χ2v) is 3.29. The molecule has 0 atom stereocenters. The predicted octanol–water partition coefficient (Wildman–Crippen LogP) is 2.72. The largest absolute Gasteiger partial charge is 0.294 e. The Balaban J connectivity index is 2.42. The third-order valence-electron chi connectivity index (χ3n) is 2.37. The van der Waals surface area contributed by atoms with E-state index in [4.69, 9.17) is 0 Å². The normalized spacial score (nSPS) is 21.4. The van der Waals surface area contributed by atoms with Crippen molar-refractivity contribution < 1.29 is 4.79 Å². The van der Waals surface area contributed by atoms with Crippen LogP contribution in [0.3, 0.4) is 0 Å². The van der Waals surface area contributed by atoms with E-state index in [9.17, 15) is 4.79 Å². The van der Waals surface area contributed by atoms with Gasteiger partial charge in [0.15, 0.2) is 5.78 Å². The van der Waals surface area contributed by atoms with E-state index in [1.54, 1.807) is 0 Å². The number of allylic oxidation sites excluding steroid dienone is 8. The maximum absolute atomic E-state index is 11.6. The Hall–Kier alpha value is -1.37. The molecule has 0 heterocycles. The lowest BCUT2D eigenvalue weighted by Gasteiger charge is -2.12. The molecular weight excluding hydrogens is 160 g/mol. The first-order chi connectivity index (χ1) is 6.38. The van der Waals surface area contributed by atoms with E-state index in [2.05, 4.69) is 6.08 Å². The first-order valence-corrected chi connectivity index (χ1v) is 4.64. The molecule has 0 saturated carbocycles. The van der Waals surface area contributed by atoms with Gasteiger partial charge in [0.2, 0.25) is 0 Å². The van der Waals surface area contributed by atoms with Crippen molar-refractivity contribution in [2.45, 2.75) is 19.3 Å². The number of rotatable bonds is 0. The van der Waals surface area contributed by atoms with Crippen LogP contribution in [0.2, 0.25) is 0 Å². The smallest absolute Gasteiger partial charge is 0.163 e. The van der Waals surface area contributed by atoms with Gasteiger partial charge in [0.1, 0.15) is 0 Å². The Kier molecular flexibility index (Phi) is 2.26. The zero-order chi connectivity index (χ0) is 9.10. The van der Waals surface area contributed by atoms with Gasteiger partial charge < -0.3 is 0 Å². The zero-order valence-corrected chi connectivity index (χ0v) is 7.49. The van der Waals surface area contributed by atoms with E-state index in [1.165, 1.54) is 0 Å². The van der Waals surface area contributed by atoms with Gasteiger partial charge in [-0.25, -0.2) is 0 Å². The second kappa shape index (κ2) is 3.56. The summed E-state index contributed by atoms with van der Waals surface area (Å²) in [6.07, 6.45) is 14.5. The standard InChI is InChI=1S/C12H12O/c13-12-9-3-1-2-6-10-7-4-5-8-11(10)12/h1-4,6-7H,5,8-9H2. The highest BCUT2D eigenvalue weighted by molar-refractivity contribution is 5.98. The molecule has 1 heteroatoms. The summed E-state index contributed by atoms with van der Waals surface area (Å²) in [5.41, 5.74) is 2.10. The molecular formula is C12H12O. The molecule has 0 aliphatic heterocycles. The lowest BCUT2D eigenvalue weighted by Crippen LogP contribution is -2.06. The Morgan fingerprint density at radius 3 is 2.92 bits per heavy atom. The number of hydrogen-bond donors (Lipinski definition) is 0. The summed E-state index contributed by atoms with van der Waals surface area (Å²) < 4.78 is 0. The van der Waals surface area contributed by atoms with Gasteiger partial charge in [0.25, 0.3) is 0 Å². The molecule has 2 aliphatic carbocycles. The van der Waals surface area contributed by atoms with E-state index in [0.29, 0.717) is 6.42 Å². The molecule has 66 valence electrons. The molecule has 0 aromatic heterocycles. The average molecular weight is 172 g/mol. The summed E-state index contributed by atoms with van der Waals surface area (Å²) in [7, 11) is 0. The molecule has 0 N–H and O–H groups in total. The maximum Gasteiger partial charge on any atom is 0.163 e. The van der Waals surface area contributed by atoms with Gasteiger partial charge in [0.05, 0.1) is 0 Å². The van der Waals surface area contributed by atoms with E-state index in [1.807, 2.05) is 30.4 Å². The molecule has 0 unspecified atom stereocenters. The van der Waals surface area contributed by atoms with Crippen LogP contribution >= 0.6 is 0 Å². The van der Waals surface area contributed by atoms with Crippen molar-refractivity contribution in [3.8, 4) is 0 Å². The van der Waals surface area contributed by atoms with Crippen molar-refractivity contribution in [2.24, 2.45) is 0 Å². The Labute approximate surface area is 78.1 Å². The van der Waals surface area contributed by atoms with Gasteiger partial charge >= 0.3 is 0 Å². The highest BCUT2D eigenvalue weighted by Gasteiger charge is 2.13. The summed E-state index contributed by atoms with van der Waals surface area (Å²) in [6.45, 7) is 0. The third-order valence-corrected chi connectivity index (χ3v) is 2.37. The molecule has 0 spiro atoms. The van der Waals surface area contributed by atoms with Gasteiger partial charge in [-0.15, -0.1) is 0 Å². The summed E-state index contributed by atoms with van der Waals surface area (Å²) in [5.74, 6) is 0.278. The van der Waals surface area contributed by atoms with Crippen molar-refractivity contribution in [1.82, 2.24) is 0 Å². The number of Topliss-reactive ketones (excluding diaryl/α,β-unsaturated/α-hetero) is 1. The summed E-state index contributed by atoms with van der Waals surface area (Å²) in [4.78, 5) is 11.6. The summed E-state index contributed by atoms with van der Waals surface area (Å²) in [5, 5.41) is 0. The van der Waals surface area contributed by atoms with Crippen molar-refractivity contribution in [3.05, 3.63) is 47.6 Å². The molecule has 0 bridgehead atoms. The van der Waals surface area contributed by atoms with Gasteiger partial charge in [-0.05, 0) is 18.4 Å². The fourth-order valence-electron chi connectivity index (χ4n) is 1.68. The minimum atomic E-state index is 0.278. The zero-order valence-electron chi connectivity index (χ0n) is 7.49. The third kappa shape index (κ3) is 1.69. The molecule has 0 amide bonds. The van der Waals surface area contributed by atoms with Crippen LogP contribution in [0.25, 0.3) is 0 Å². The van der Waals surface area contributed by atoms with E-state index < -0.39 is 0 Å². The van der Waals surface area contributed by atoms with Gasteiger partial charge in [-0.3, -0.25) is 4.79 Å². The fourth-order valence-corrected chi connectivity index (χ4v) is 1.68. The first-order valence-electron chi connectivity index (χ1n) is 4.64. The minimum absolute atomic E-state index is 0.278. The van der Waals surface area contributed by atoms with Crippen LogP contribution in [0.1, 0.15) is 19.3 Å². The second-order valence-electron chi connectivity index (χ2n) is 3.29. The Bertz CT molecular complexity index is 340. The van der Waals surface area contributed by atoms with Crippen molar-refractivity contribution in [3.63, 3.8) is 0 Å². The van der Waals surface area contributed by atoms with Crippen LogP contribution in [0.4, 0.5) is 0 Å². The van der Waals surface area contributed by atoms with Gasteiger partial charge in [0, 0.05) is 12.0 Å². The molecule has 0 fully saturated rings. The summed E-state index contributed by atoms with van der Waals surface area (Å²) in [6, 6.07) is 0. The van der Waals surface area contributed by atoms with Crippen LogP contribution in [-0.4, -0.2) is 5.78 Å². The number of carbonyl (C=O) groups is 1. The number of ketones is 1. The molecule has 0 saturated heterocycles. The molecule has 0 radical (unpaired) electrons. The quantitative estimate of drug-likeness (QED) is 0.549. The molecule has 13 heavy (non-hydrogen) atoms. The lowest BCUT2D eigenvalue weighted by molar-refractivity contribution is -0.115. The SMILES string of the molecule is O=C1CC=CC=CC2=C1CCC=C2. The fraction of sp³-hybridized carbons (Fsp3) is 0.250. The number of hydrogen-bond acceptors (Lipinski definition) is 1. The molecule has 2 aliphatic rings. The monoisotopic (exact) mass is 172 g/mol. The van der Waals surface area contributed by atoms with Crippen LogP contribution in [0.5, 0.6) is 0 Å². The first kappa shape index (κ1) is 8.24. The Morgan fingerprint density at radius 2 is 2.00 bits per heavy atom. The lowest BCUT2D eigenvalue weighted by atomic mass is 9.91. The topological polar surface area (TPSA) is 17.1 Å². The molecule has 0 aromatic rings. The van der Waals surface area contributed by atoms with Crippen LogP contribution in [0, 0.1) is 0 Å². The molecule has 0 aromatic carbocycles. The van der Waals surface area contributed by atoms with E-state index in [-0.39, 0.29) is 5.78 Å². The van der Waals surface area contributed by atoms with Crippen molar-refractivity contribution in [1.29, 1.82) is 0 Å². The van der Waals surface area contributed by atoms with Crippen LogP contribution in [0.15, 0.2) is 47.6 Å². The highest BCUT2D eigenvalue weighted by Crippen LogP contribution is 2.23. The van der Waals surface area contributed by atoms with E-state index >= 15 is 0 Å². The maximum atomic E-state index is 11.6. The molecule has 2 rings (SSSR count). The highest BCUT2D eigenvalue weighted by atomic mass is 16.1. The Morgan fingerprint density at radius 1 is 1.08 bits per heavy atom. The average Bonchev–Trinajstić information content (AvgIpc) is 2.14. The van der Waals surface area contributed by atoms with Gasteiger partial charge in [-0.2, -0.15) is 0 Å².